The Morgan fingerprint density at radius 3 is 2.33 bits per heavy atom. The molecule has 0 radical (unpaired) electrons. The summed E-state index contributed by atoms with van der Waals surface area (Å²) < 4.78 is 32.4. The molecule has 0 bridgehead atoms. The molecule has 1 aromatic carbocycles. The van der Waals surface area contributed by atoms with Gasteiger partial charge < -0.3 is 14.2 Å². The molecule has 2 aromatic rings. The normalized spacial score (nSPS) is 15.9. The Hall–Kier alpha value is -2.42. The zero-order valence-corrected chi connectivity index (χ0v) is 16.5. The molecule has 1 aliphatic heterocycles. The molecule has 27 heavy (non-hydrogen) atoms. The molecule has 1 saturated heterocycles. The third-order valence-corrected chi connectivity index (χ3v) is 6.79. The van der Waals surface area contributed by atoms with Crippen LogP contribution in [0.15, 0.2) is 35.7 Å². The largest absolute Gasteiger partial charge is 0.491 e. The summed E-state index contributed by atoms with van der Waals surface area (Å²) in [6.45, 7) is 4.67. The van der Waals surface area contributed by atoms with Gasteiger partial charge in [0.15, 0.2) is 0 Å². The molecule has 1 aromatic heterocycles. The average Bonchev–Trinajstić information content (AvgIpc) is 3.08. The van der Waals surface area contributed by atoms with Gasteiger partial charge in [0.05, 0.1) is 11.4 Å². The standard InChI is InChI=1S/C18H24N4O4S/c1-13(2)26-15-6-4-14(5-7-15)17(23)22-10-8-16(9-11-22)27(24,25)18-20-19-12-21(18)3/h4-7,12-13,16H,8-11H2,1-3H3. The maximum atomic E-state index is 12.7. The van der Waals surface area contributed by atoms with E-state index in [0.29, 0.717) is 31.5 Å². The first-order valence-electron chi connectivity index (χ1n) is 8.93. The first-order chi connectivity index (χ1) is 12.8. The minimum absolute atomic E-state index is 0.0204. The Bertz CT molecular complexity index is 898. The van der Waals surface area contributed by atoms with Crippen molar-refractivity contribution in [1.29, 1.82) is 0 Å². The molecule has 2 heterocycles. The summed E-state index contributed by atoms with van der Waals surface area (Å²) in [5.74, 6) is 0.621. The van der Waals surface area contributed by atoms with Crippen molar-refractivity contribution in [1.82, 2.24) is 19.7 Å². The second kappa shape index (κ2) is 7.67. The highest BCUT2D eigenvalue weighted by atomic mass is 32.2. The van der Waals surface area contributed by atoms with Crippen LogP contribution in [-0.2, 0) is 16.9 Å². The van der Waals surface area contributed by atoms with E-state index in [2.05, 4.69) is 10.2 Å². The van der Waals surface area contributed by atoms with Crippen LogP contribution in [0.25, 0.3) is 0 Å². The summed E-state index contributed by atoms with van der Waals surface area (Å²) in [5.41, 5.74) is 0.570. The summed E-state index contributed by atoms with van der Waals surface area (Å²) in [5, 5.41) is 6.81. The van der Waals surface area contributed by atoms with Crippen molar-refractivity contribution < 1.29 is 17.9 Å². The van der Waals surface area contributed by atoms with Crippen molar-refractivity contribution in [3.8, 4) is 5.75 Å². The van der Waals surface area contributed by atoms with Gasteiger partial charge in [-0.3, -0.25) is 4.79 Å². The van der Waals surface area contributed by atoms with E-state index in [1.54, 1.807) is 36.2 Å². The lowest BCUT2D eigenvalue weighted by Gasteiger charge is -2.31. The van der Waals surface area contributed by atoms with Crippen LogP contribution >= 0.6 is 0 Å². The third-order valence-electron chi connectivity index (χ3n) is 4.57. The van der Waals surface area contributed by atoms with Crippen LogP contribution in [0, 0.1) is 0 Å². The van der Waals surface area contributed by atoms with E-state index in [-0.39, 0.29) is 17.2 Å². The fourth-order valence-corrected chi connectivity index (χ4v) is 4.92. The first kappa shape index (κ1) is 19.3. The zero-order chi connectivity index (χ0) is 19.6. The summed E-state index contributed by atoms with van der Waals surface area (Å²) in [7, 11) is -1.94. The molecule has 0 unspecified atom stereocenters. The number of sulfone groups is 1. The molecule has 0 N–H and O–H groups in total. The molecule has 1 aliphatic rings. The van der Waals surface area contributed by atoms with Crippen LogP contribution in [0.2, 0.25) is 0 Å². The van der Waals surface area contributed by atoms with Crippen molar-refractivity contribution in [2.24, 2.45) is 7.05 Å². The average molecular weight is 392 g/mol. The lowest BCUT2D eigenvalue weighted by atomic mass is 10.1. The Morgan fingerprint density at radius 1 is 1.19 bits per heavy atom. The molecule has 1 fully saturated rings. The number of aromatic nitrogens is 3. The summed E-state index contributed by atoms with van der Waals surface area (Å²) in [4.78, 5) is 14.4. The lowest BCUT2D eigenvalue weighted by Crippen LogP contribution is -2.42. The number of carbonyl (C=O) groups excluding carboxylic acids is 1. The highest BCUT2D eigenvalue weighted by Crippen LogP contribution is 2.24. The van der Waals surface area contributed by atoms with Crippen molar-refractivity contribution in [3.05, 3.63) is 36.2 Å². The summed E-state index contributed by atoms with van der Waals surface area (Å²) >= 11 is 0. The monoisotopic (exact) mass is 392 g/mol. The number of carbonyl (C=O) groups is 1. The van der Waals surface area contributed by atoms with Crippen LogP contribution in [0.1, 0.15) is 37.0 Å². The Balaban J connectivity index is 1.63. The van der Waals surface area contributed by atoms with Gasteiger partial charge in [-0.05, 0) is 51.0 Å². The second-order valence-electron chi connectivity index (χ2n) is 6.95. The first-order valence-corrected chi connectivity index (χ1v) is 10.5. The molecule has 1 amide bonds. The molecule has 146 valence electrons. The van der Waals surface area contributed by atoms with Crippen LogP contribution < -0.4 is 4.74 Å². The molecule has 0 spiro atoms. The minimum Gasteiger partial charge on any atom is -0.491 e. The Morgan fingerprint density at radius 2 is 1.81 bits per heavy atom. The van der Waals surface area contributed by atoms with Crippen LogP contribution in [0.3, 0.4) is 0 Å². The highest BCUT2D eigenvalue weighted by Gasteiger charge is 2.35. The van der Waals surface area contributed by atoms with Gasteiger partial charge in [-0.2, -0.15) is 0 Å². The van der Waals surface area contributed by atoms with Crippen LogP contribution in [-0.4, -0.2) is 58.4 Å². The quantitative estimate of drug-likeness (QED) is 0.768. The second-order valence-corrected chi connectivity index (χ2v) is 9.07. The third kappa shape index (κ3) is 4.13. The molecular weight excluding hydrogens is 368 g/mol. The number of rotatable bonds is 5. The van der Waals surface area contributed by atoms with Gasteiger partial charge in [0.1, 0.15) is 12.1 Å². The molecule has 3 rings (SSSR count). The predicted molar refractivity (Wildman–Crippen MR) is 99.3 cm³/mol. The number of piperidine rings is 1. The smallest absolute Gasteiger partial charge is 0.253 e. The van der Waals surface area contributed by atoms with Gasteiger partial charge in [0, 0.05) is 25.7 Å². The van der Waals surface area contributed by atoms with E-state index in [4.69, 9.17) is 4.74 Å². The van der Waals surface area contributed by atoms with E-state index in [0.717, 1.165) is 5.75 Å². The maximum absolute atomic E-state index is 12.7. The van der Waals surface area contributed by atoms with E-state index >= 15 is 0 Å². The lowest BCUT2D eigenvalue weighted by molar-refractivity contribution is 0.0725. The Labute approximate surface area is 159 Å². The number of nitrogens with zero attached hydrogens (tertiary/aromatic N) is 4. The van der Waals surface area contributed by atoms with Gasteiger partial charge in [-0.1, -0.05) is 0 Å². The SMILES string of the molecule is CC(C)Oc1ccc(C(=O)N2CCC(S(=O)(=O)c3nncn3C)CC2)cc1. The number of hydrogen-bond acceptors (Lipinski definition) is 6. The highest BCUT2D eigenvalue weighted by molar-refractivity contribution is 7.91. The number of ether oxygens (including phenoxy) is 1. The van der Waals surface area contributed by atoms with Crippen molar-refractivity contribution >= 4 is 15.7 Å². The summed E-state index contributed by atoms with van der Waals surface area (Å²) in [6, 6.07) is 7.03. The molecule has 0 aliphatic carbocycles. The molecule has 8 nitrogen and oxygen atoms in total. The summed E-state index contributed by atoms with van der Waals surface area (Å²) in [6.07, 6.45) is 2.21. The van der Waals surface area contributed by atoms with Gasteiger partial charge in [0.2, 0.25) is 15.0 Å². The topological polar surface area (TPSA) is 94.4 Å². The van der Waals surface area contributed by atoms with E-state index < -0.39 is 15.1 Å². The van der Waals surface area contributed by atoms with E-state index in [1.807, 2.05) is 13.8 Å². The molecular formula is C18H24N4O4S. The van der Waals surface area contributed by atoms with Crippen molar-refractivity contribution in [2.45, 2.75) is 43.2 Å². The van der Waals surface area contributed by atoms with E-state index in [1.165, 1.54) is 10.9 Å². The number of aryl methyl sites for hydroxylation is 1. The van der Waals surface area contributed by atoms with Gasteiger partial charge in [-0.25, -0.2) is 8.42 Å². The predicted octanol–water partition coefficient (Wildman–Crippen LogP) is 1.68. The Kier molecular flexibility index (Phi) is 5.50. The number of hydrogen-bond donors (Lipinski definition) is 0. The fourth-order valence-electron chi connectivity index (χ4n) is 3.18. The number of likely N-dealkylation sites (tertiary alicyclic amines) is 1. The molecule has 0 atom stereocenters. The molecule has 0 saturated carbocycles. The minimum atomic E-state index is -3.55. The van der Waals surface area contributed by atoms with Gasteiger partial charge in [-0.15, -0.1) is 10.2 Å². The number of amides is 1. The zero-order valence-electron chi connectivity index (χ0n) is 15.7. The maximum Gasteiger partial charge on any atom is 0.253 e. The van der Waals surface area contributed by atoms with Crippen molar-refractivity contribution in [2.75, 3.05) is 13.1 Å². The molecule has 9 heteroatoms. The van der Waals surface area contributed by atoms with Crippen molar-refractivity contribution in [3.63, 3.8) is 0 Å². The van der Waals surface area contributed by atoms with E-state index in [9.17, 15) is 13.2 Å². The van der Waals surface area contributed by atoms with Gasteiger partial charge in [0.25, 0.3) is 5.91 Å². The van der Waals surface area contributed by atoms with Crippen LogP contribution in [0.4, 0.5) is 0 Å². The van der Waals surface area contributed by atoms with Gasteiger partial charge >= 0.3 is 0 Å². The number of benzene rings is 1. The fraction of sp³-hybridized carbons (Fsp3) is 0.500. The van der Waals surface area contributed by atoms with Crippen LogP contribution in [0.5, 0.6) is 5.75 Å².